The molecule has 0 atom stereocenters. The minimum absolute atomic E-state index is 0.112. The molecule has 0 aliphatic carbocycles. The van der Waals surface area contributed by atoms with Crippen LogP contribution in [-0.4, -0.2) is 39.0 Å². The van der Waals surface area contributed by atoms with Gasteiger partial charge in [-0.05, 0) is 19.3 Å². The molecule has 114 valence electrons. The van der Waals surface area contributed by atoms with Crippen molar-refractivity contribution in [3.63, 3.8) is 0 Å². The van der Waals surface area contributed by atoms with Gasteiger partial charge in [0.05, 0.1) is 19.8 Å². The first-order valence-corrected chi connectivity index (χ1v) is 7.62. The second-order valence-electron chi connectivity index (χ2n) is 4.61. The quantitative estimate of drug-likeness (QED) is 0.360. The van der Waals surface area contributed by atoms with Crippen molar-refractivity contribution in [2.45, 2.75) is 58.8 Å². The van der Waals surface area contributed by atoms with Crippen molar-refractivity contribution in [3.05, 3.63) is 0 Å². The van der Waals surface area contributed by atoms with Gasteiger partial charge >= 0.3 is 5.97 Å². The Bertz CT molecular complexity index is 195. The minimum Gasteiger partial charge on any atom is -0.466 e. The highest BCUT2D eigenvalue weighted by molar-refractivity contribution is 5.69. The van der Waals surface area contributed by atoms with Crippen molar-refractivity contribution in [3.8, 4) is 0 Å². The van der Waals surface area contributed by atoms with E-state index in [1.165, 1.54) is 0 Å². The molecule has 0 aromatic carbocycles. The highest BCUT2D eigenvalue weighted by atomic mass is 16.5. The summed E-state index contributed by atoms with van der Waals surface area (Å²) in [7, 11) is 0. The second kappa shape index (κ2) is 15.4. The third-order valence-corrected chi connectivity index (χ3v) is 2.69. The highest BCUT2D eigenvalue weighted by Gasteiger charge is 2.02. The summed E-state index contributed by atoms with van der Waals surface area (Å²) in [6.07, 6.45) is 6.66. The van der Waals surface area contributed by atoms with Crippen LogP contribution in [0.3, 0.4) is 0 Å². The Morgan fingerprint density at radius 3 is 2.00 bits per heavy atom. The lowest BCUT2D eigenvalue weighted by molar-refractivity contribution is -0.144. The van der Waals surface area contributed by atoms with Gasteiger partial charge in [0.15, 0.2) is 0 Å². The molecule has 0 bridgehead atoms. The van der Waals surface area contributed by atoms with Crippen LogP contribution < -0.4 is 0 Å². The van der Waals surface area contributed by atoms with E-state index in [2.05, 4.69) is 13.8 Å². The van der Waals surface area contributed by atoms with Crippen LogP contribution >= 0.6 is 0 Å². The van der Waals surface area contributed by atoms with Crippen molar-refractivity contribution >= 4 is 5.97 Å². The minimum atomic E-state index is -0.112. The molecule has 0 aromatic heterocycles. The summed E-state index contributed by atoms with van der Waals surface area (Å²) in [5, 5.41) is 0. The molecule has 0 amide bonds. The first-order valence-electron chi connectivity index (χ1n) is 7.62. The molecular formula is C15H30O4. The third kappa shape index (κ3) is 15.3. The molecule has 0 rings (SSSR count). The van der Waals surface area contributed by atoms with Gasteiger partial charge in [-0.1, -0.05) is 33.1 Å². The topological polar surface area (TPSA) is 44.8 Å². The summed E-state index contributed by atoms with van der Waals surface area (Å²) >= 11 is 0. The molecule has 0 unspecified atom stereocenters. The van der Waals surface area contributed by atoms with E-state index in [0.29, 0.717) is 32.8 Å². The fourth-order valence-corrected chi connectivity index (χ4v) is 1.50. The monoisotopic (exact) mass is 274 g/mol. The van der Waals surface area contributed by atoms with Gasteiger partial charge in [0.1, 0.15) is 0 Å². The Balaban J connectivity index is 3.10. The van der Waals surface area contributed by atoms with Crippen molar-refractivity contribution in [1.82, 2.24) is 0 Å². The second-order valence-corrected chi connectivity index (χ2v) is 4.61. The number of rotatable bonds is 14. The Hall–Kier alpha value is -0.610. The van der Waals surface area contributed by atoms with E-state index in [-0.39, 0.29) is 5.97 Å². The third-order valence-electron chi connectivity index (χ3n) is 2.69. The molecule has 0 fully saturated rings. The van der Waals surface area contributed by atoms with Crippen LogP contribution in [0.25, 0.3) is 0 Å². The molecule has 0 aromatic rings. The van der Waals surface area contributed by atoms with Crippen LogP contribution in [0.5, 0.6) is 0 Å². The number of hydrogen-bond donors (Lipinski definition) is 0. The SMILES string of the molecule is CCCCCOC(=O)CCCOCCOCCCC. The van der Waals surface area contributed by atoms with Crippen LogP contribution in [0.1, 0.15) is 58.8 Å². The molecule has 0 spiro atoms. The van der Waals surface area contributed by atoms with Crippen LogP contribution in [0.15, 0.2) is 0 Å². The summed E-state index contributed by atoms with van der Waals surface area (Å²) in [5.41, 5.74) is 0. The van der Waals surface area contributed by atoms with E-state index in [1.807, 2.05) is 0 Å². The van der Waals surface area contributed by atoms with Crippen LogP contribution in [-0.2, 0) is 19.0 Å². The van der Waals surface area contributed by atoms with E-state index in [1.54, 1.807) is 0 Å². The lowest BCUT2D eigenvalue weighted by Gasteiger charge is -2.06. The molecule has 0 heterocycles. The number of ether oxygens (including phenoxy) is 3. The zero-order valence-corrected chi connectivity index (χ0v) is 12.6. The molecular weight excluding hydrogens is 244 g/mol. The predicted octanol–water partition coefficient (Wildman–Crippen LogP) is 3.33. The average Bonchev–Trinajstić information content (AvgIpc) is 2.42. The van der Waals surface area contributed by atoms with Gasteiger partial charge in [-0.3, -0.25) is 4.79 Å². The summed E-state index contributed by atoms with van der Waals surface area (Å²) < 4.78 is 15.8. The fraction of sp³-hybridized carbons (Fsp3) is 0.933. The molecule has 0 aliphatic rings. The molecule has 4 nitrogen and oxygen atoms in total. The molecule has 0 aliphatic heterocycles. The van der Waals surface area contributed by atoms with E-state index < -0.39 is 0 Å². The number of hydrogen-bond acceptors (Lipinski definition) is 4. The van der Waals surface area contributed by atoms with Gasteiger partial charge in [0.25, 0.3) is 0 Å². The van der Waals surface area contributed by atoms with Crippen molar-refractivity contribution < 1.29 is 19.0 Å². The molecule has 0 radical (unpaired) electrons. The highest BCUT2D eigenvalue weighted by Crippen LogP contribution is 1.98. The van der Waals surface area contributed by atoms with Gasteiger partial charge in [-0.25, -0.2) is 0 Å². The van der Waals surface area contributed by atoms with Crippen molar-refractivity contribution in [2.75, 3.05) is 33.0 Å². The first kappa shape index (κ1) is 18.4. The largest absolute Gasteiger partial charge is 0.466 e. The molecule has 0 N–H and O–H groups in total. The molecule has 0 saturated heterocycles. The van der Waals surface area contributed by atoms with Crippen molar-refractivity contribution in [1.29, 1.82) is 0 Å². The Labute approximate surface area is 117 Å². The normalized spacial score (nSPS) is 10.6. The van der Waals surface area contributed by atoms with Gasteiger partial charge in [-0.15, -0.1) is 0 Å². The molecule has 19 heavy (non-hydrogen) atoms. The zero-order chi connectivity index (χ0) is 14.2. The maximum atomic E-state index is 11.3. The Morgan fingerprint density at radius 2 is 1.37 bits per heavy atom. The average molecular weight is 274 g/mol. The van der Waals surface area contributed by atoms with Crippen LogP contribution in [0, 0.1) is 0 Å². The van der Waals surface area contributed by atoms with Crippen molar-refractivity contribution in [2.24, 2.45) is 0 Å². The first-order chi connectivity index (χ1) is 9.31. The number of unbranched alkanes of at least 4 members (excludes halogenated alkanes) is 3. The molecule has 4 heteroatoms. The number of carbonyl (C=O) groups excluding carboxylic acids is 1. The van der Waals surface area contributed by atoms with Gasteiger partial charge in [-0.2, -0.15) is 0 Å². The van der Waals surface area contributed by atoms with E-state index in [9.17, 15) is 4.79 Å². The summed E-state index contributed by atoms with van der Waals surface area (Å²) in [6, 6.07) is 0. The smallest absolute Gasteiger partial charge is 0.305 e. The summed E-state index contributed by atoms with van der Waals surface area (Å²) in [4.78, 5) is 11.3. The Kier molecular flexibility index (Phi) is 15.0. The number of esters is 1. The van der Waals surface area contributed by atoms with Crippen LogP contribution in [0.2, 0.25) is 0 Å². The maximum Gasteiger partial charge on any atom is 0.305 e. The van der Waals surface area contributed by atoms with Gasteiger partial charge in [0.2, 0.25) is 0 Å². The molecule has 0 saturated carbocycles. The number of carbonyl (C=O) groups is 1. The summed E-state index contributed by atoms with van der Waals surface area (Å²) in [5.74, 6) is -0.112. The zero-order valence-electron chi connectivity index (χ0n) is 12.6. The van der Waals surface area contributed by atoms with Gasteiger partial charge < -0.3 is 14.2 Å². The van der Waals surface area contributed by atoms with E-state index >= 15 is 0 Å². The lowest BCUT2D eigenvalue weighted by atomic mass is 10.3. The fourth-order valence-electron chi connectivity index (χ4n) is 1.50. The lowest BCUT2D eigenvalue weighted by Crippen LogP contribution is -2.09. The van der Waals surface area contributed by atoms with E-state index in [4.69, 9.17) is 14.2 Å². The van der Waals surface area contributed by atoms with E-state index in [0.717, 1.165) is 45.1 Å². The van der Waals surface area contributed by atoms with Gasteiger partial charge in [0, 0.05) is 19.6 Å². The standard InChI is InChI=1S/C15H30O4/c1-3-5-7-12-19-15(16)9-8-11-18-14-13-17-10-6-4-2/h3-14H2,1-2H3. The Morgan fingerprint density at radius 1 is 0.737 bits per heavy atom. The maximum absolute atomic E-state index is 11.3. The predicted molar refractivity (Wildman–Crippen MR) is 76.3 cm³/mol. The van der Waals surface area contributed by atoms with Crippen LogP contribution in [0.4, 0.5) is 0 Å². The summed E-state index contributed by atoms with van der Waals surface area (Å²) in [6.45, 7) is 7.48.